The predicted octanol–water partition coefficient (Wildman–Crippen LogP) is 6.72. The molecule has 0 N–H and O–H groups in total. The lowest BCUT2D eigenvalue weighted by molar-refractivity contribution is 1.28. The van der Waals surface area contributed by atoms with Gasteiger partial charge in [0.05, 0.1) is 0 Å². The van der Waals surface area contributed by atoms with Gasteiger partial charge < -0.3 is 0 Å². The van der Waals surface area contributed by atoms with Crippen LogP contribution < -0.4 is 0 Å². The molecule has 0 nitrogen and oxygen atoms in total. The van der Waals surface area contributed by atoms with Crippen molar-refractivity contribution in [3.8, 4) is 11.1 Å². The maximum atomic E-state index is 2.32. The number of benzene rings is 5. The molecule has 1 aliphatic carbocycles. The molecule has 0 atom stereocenters. The van der Waals surface area contributed by atoms with Crippen LogP contribution in [0, 0.1) is 0 Å². The molecule has 0 saturated heterocycles. The van der Waals surface area contributed by atoms with Gasteiger partial charge in [-0.3, -0.25) is 0 Å². The van der Waals surface area contributed by atoms with Crippen LogP contribution >= 0.6 is 0 Å². The van der Waals surface area contributed by atoms with Crippen LogP contribution in [-0.4, -0.2) is 0 Å². The Hall–Kier alpha value is -3.12. The Morgan fingerprint density at radius 3 is 2.24 bits per heavy atom. The minimum atomic E-state index is 1.04. The van der Waals surface area contributed by atoms with Crippen molar-refractivity contribution in [2.24, 2.45) is 0 Å². The minimum absolute atomic E-state index is 1.04. The zero-order chi connectivity index (χ0) is 16.4. The van der Waals surface area contributed by atoms with E-state index in [0.29, 0.717) is 0 Å². The van der Waals surface area contributed by atoms with Gasteiger partial charge in [0.15, 0.2) is 0 Å². The smallest absolute Gasteiger partial charge is 0.000728 e. The van der Waals surface area contributed by atoms with E-state index in [1.165, 1.54) is 54.6 Å². The highest BCUT2D eigenvalue weighted by Gasteiger charge is 2.20. The van der Waals surface area contributed by atoms with Crippen molar-refractivity contribution < 1.29 is 0 Å². The van der Waals surface area contributed by atoms with E-state index in [1.54, 1.807) is 0 Å². The van der Waals surface area contributed by atoms with Gasteiger partial charge in [-0.25, -0.2) is 0 Å². The highest BCUT2D eigenvalue weighted by molar-refractivity contribution is 6.21. The Bertz CT molecular complexity index is 1310. The molecule has 0 bridgehead atoms. The third-order valence-corrected chi connectivity index (χ3v) is 5.69. The standard InChI is InChI=1S/C25H16/c1-4-8-20-16(5-1)9-10-17-11-12-22-23(25(17)20)14-13-21-19-7-3-2-6-18(19)15-24(21)22/h1-14H,15H2. The van der Waals surface area contributed by atoms with Crippen LogP contribution in [0.25, 0.3) is 43.4 Å². The monoisotopic (exact) mass is 316 g/mol. The molecule has 0 radical (unpaired) electrons. The topological polar surface area (TPSA) is 0 Å². The summed E-state index contributed by atoms with van der Waals surface area (Å²) in [7, 11) is 0. The molecule has 6 rings (SSSR count). The Labute approximate surface area is 146 Å². The molecular weight excluding hydrogens is 300 g/mol. The lowest BCUT2D eigenvalue weighted by Crippen LogP contribution is -1.87. The molecule has 5 aromatic rings. The zero-order valence-corrected chi connectivity index (χ0v) is 13.8. The summed E-state index contributed by atoms with van der Waals surface area (Å²) < 4.78 is 0. The third-order valence-electron chi connectivity index (χ3n) is 5.69. The first kappa shape index (κ1) is 13.2. The molecule has 0 fully saturated rings. The Morgan fingerprint density at radius 2 is 1.24 bits per heavy atom. The van der Waals surface area contributed by atoms with Crippen LogP contribution in [0.15, 0.2) is 84.9 Å². The van der Waals surface area contributed by atoms with Crippen molar-refractivity contribution in [1.82, 2.24) is 0 Å². The summed E-state index contributed by atoms with van der Waals surface area (Å²) in [6, 6.07) is 31.3. The van der Waals surface area contributed by atoms with Gasteiger partial charge in [-0.1, -0.05) is 84.9 Å². The van der Waals surface area contributed by atoms with Gasteiger partial charge in [-0.2, -0.15) is 0 Å². The van der Waals surface area contributed by atoms with Crippen molar-refractivity contribution in [3.63, 3.8) is 0 Å². The largest absolute Gasteiger partial charge is 0.0619 e. The summed E-state index contributed by atoms with van der Waals surface area (Å²) in [5.74, 6) is 0. The fourth-order valence-corrected chi connectivity index (χ4v) is 4.54. The molecule has 0 heterocycles. The number of hydrogen-bond donors (Lipinski definition) is 0. The van der Waals surface area contributed by atoms with Gasteiger partial charge in [0.1, 0.15) is 0 Å². The third kappa shape index (κ3) is 1.71. The van der Waals surface area contributed by atoms with Crippen molar-refractivity contribution in [2.75, 3.05) is 0 Å². The van der Waals surface area contributed by atoms with Crippen LogP contribution in [0.3, 0.4) is 0 Å². The number of rotatable bonds is 0. The maximum absolute atomic E-state index is 2.32. The summed E-state index contributed by atoms with van der Waals surface area (Å²) in [4.78, 5) is 0. The quantitative estimate of drug-likeness (QED) is 0.273. The second-order valence-corrected chi connectivity index (χ2v) is 6.97. The van der Waals surface area contributed by atoms with Crippen LogP contribution in [0.5, 0.6) is 0 Å². The summed E-state index contributed by atoms with van der Waals surface area (Å²) in [6.07, 6.45) is 1.04. The average Bonchev–Trinajstić information content (AvgIpc) is 3.06. The van der Waals surface area contributed by atoms with Crippen molar-refractivity contribution >= 4 is 32.3 Å². The SMILES string of the molecule is c1ccc2c(c1)Cc1c-2ccc2c1ccc1ccc3ccccc3c12. The minimum Gasteiger partial charge on any atom is -0.0619 e. The van der Waals surface area contributed by atoms with Gasteiger partial charge in [-0.05, 0) is 61.0 Å². The van der Waals surface area contributed by atoms with Crippen molar-refractivity contribution in [3.05, 3.63) is 96.1 Å². The van der Waals surface area contributed by atoms with E-state index in [0.717, 1.165) is 6.42 Å². The van der Waals surface area contributed by atoms with Crippen LogP contribution in [-0.2, 0) is 6.42 Å². The summed E-state index contributed by atoms with van der Waals surface area (Å²) in [5, 5.41) is 8.14. The zero-order valence-electron chi connectivity index (χ0n) is 13.8. The predicted molar refractivity (Wildman–Crippen MR) is 107 cm³/mol. The molecule has 25 heavy (non-hydrogen) atoms. The highest BCUT2D eigenvalue weighted by Crippen LogP contribution is 2.42. The number of hydrogen-bond acceptors (Lipinski definition) is 0. The molecule has 0 amide bonds. The average molecular weight is 316 g/mol. The molecule has 0 aromatic heterocycles. The molecule has 0 unspecified atom stereocenters. The van der Waals surface area contributed by atoms with Crippen molar-refractivity contribution in [2.45, 2.75) is 6.42 Å². The first-order valence-corrected chi connectivity index (χ1v) is 8.84. The van der Waals surface area contributed by atoms with E-state index in [2.05, 4.69) is 84.9 Å². The second kappa shape index (κ2) is 4.70. The second-order valence-electron chi connectivity index (χ2n) is 6.97. The lowest BCUT2D eigenvalue weighted by atomic mass is 9.92. The first-order valence-electron chi connectivity index (χ1n) is 8.84. The summed E-state index contributed by atoms with van der Waals surface area (Å²) in [5.41, 5.74) is 5.73. The Balaban J connectivity index is 1.79. The van der Waals surface area contributed by atoms with Gasteiger partial charge >= 0.3 is 0 Å². The molecule has 0 heteroatoms. The van der Waals surface area contributed by atoms with E-state index in [4.69, 9.17) is 0 Å². The van der Waals surface area contributed by atoms with E-state index < -0.39 is 0 Å². The van der Waals surface area contributed by atoms with Crippen LogP contribution in [0.4, 0.5) is 0 Å². The molecule has 1 aliphatic rings. The Kier molecular flexibility index (Phi) is 2.48. The normalized spacial score (nSPS) is 12.6. The van der Waals surface area contributed by atoms with E-state index in [1.807, 2.05) is 0 Å². The lowest BCUT2D eigenvalue weighted by Gasteiger charge is -2.11. The molecule has 0 aliphatic heterocycles. The van der Waals surface area contributed by atoms with Crippen LogP contribution in [0.2, 0.25) is 0 Å². The van der Waals surface area contributed by atoms with E-state index in [9.17, 15) is 0 Å². The summed E-state index contributed by atoms with van der Waals surface area (Å²) in [6.45, 7) is 0. The molecular formula is C25H16. The summed E-state index contributed by atoms with van der Waals surface area (Å²) >= 11 is 0. The molecule has 0 saturated carbocycles. The molecule has 0 spiro atoms. The van der Waals surface area contributed by atoms with E-state index in [-0.39, 0.29) is 0 Å². The fraction of sp³-hybridized carbons (Fsp3) is 0.0400. The first-order chi connectivity index (χ1) is 12.4. The van der Waals surface area contributed by atoms with Gasteiger partial charge in [0.25, 0.3) is 0 Å². The molecule has 116 valence electrons. The molecule has 5 aromatic carbocycles. The van der Waals surface area contributed by atoms with Gasteiger partial charge in [0, 0.05) is 0 Å². The maximum Gasteiger partial charge on any atom is -0.000728 e. The fourth-order valence-electron chi connectivity index (χ4n) is 4.54. The Morgan fingerprint density at radius 1 is 0.480 bits per heavy atom. The van der Waals surface area contributed by atoms with Crippen LogP contribution in [0.1, 0.15) is 11.1 Å². The van der Waals surface area contributed by atoms with Gasteiger partial charge in [-0.15, -0.1) is 0 Å². The number of fused-ring (bicyclic) bond motifs is 9. The van der Waals surface area contributed by atoms with E-state index >= 15 is 0 Å². The van der Waals surface area contributed by atoms with Gasteiger partial charge in [0.2, 0.25) is 0 Å². The highest BCUT2D eigenvalue weighted by atomic mass is 14.2. The van der Waals surface area contributed by atoms with Crippen molar-refractivity contribution in [1.29, 1.82) is 0 Å².